The Morgan fingerprint density at radius 3 is 2.21 bits per heavy atom. The second-order valence-electron chi connectivity index (χ2n) is 7.75. The van der Waals surface area contributed by atoms with E-state index in [4.69, 9.17) is 0 Å². The van der Waals surface area contributed by atoms with Crippen LogP contribution in [0.2, 0.25) is 0 Å². The van der Waals surface area contributed by atoms with Gasteiger partial charge in [0, 0.05) is 41.9 Å². The highest BCUT2D eigenvalue weighted by Gasteiger charge is 2.30. The van der Waals surface area contributed by atoms with Crippen LogP contribution in [0.25, 0.3) is 0 Å². The molecule has 0 bridgehead atoms. The molecule has 0 unspecified atom stereocenters. The van der Waals surface area contributed by atoms with Gasteiger partial charge in [-0.15, -0.1) is 0 Å². The highest BCUT2D eigenvalue weighted by atomic mass is 16.2. The summed E-state index contributed by atoms with van der Waals surface area (Å²) in [6.07, 6.45) is 3.34. The van der Waals surface area contributed by atoms with E-state index < -0.39 is 0 Å². The van der Waals surface area contributed by atoms with Crippen molar-refractivity contribution in [1.29, 1.82) is 0 Å². The lowest BCUT2D eigenvalue weighted by atomic mass is 10.0. The van der Waals surface area contributed by atoms with Crippen molar-refractivity contribution in [2.24, 2.45) is 5.92 Å². The van der Waals surface area contributed by atoms with Crippen molar-refractivity contribution in [3.8, 4) is 0 Å². The molecule has 3 amide bonds. The minimum atomic E-state index is -0.0746. The molecule has 150 valence electrons. The fraction of sp³-hybridized carbons (Fsp3) is 0.348. The zero-order chi connectivity index (χ0) is 20.2. The molecule has 6 nitrogen and oxygen atoms in total. The molecule has 1 aliphatic heterocycles. The standard InChI is InChI=1S/C23H25N3O3/c27-21(16-5-2-1-3-6-16)24-19-11-13-26(14-12-19)23(29)18-7-4-8-20(15-18)25-22(28)17-9-10-17/h1-8,15,17,19H,9-14H2,(H,24,27)(H,25,28). The summed E-state index contributed by atoms with van der Waals surface area (Å²) in [5.74, 6) is 0.0406. The quantitative estimate of drug-likeness (QED) is 0.822. The molecule has 0 spiro atoms. The zero-order valence-corrected chi connectivity index (χ0v) is 16.3. The Morgan fingerprint density at radius 2 is 1.52 bits per heavy atom. The van der Waals surface area contributed by atoms with Crippen molar-refractivity contribution in [2.45, 2.75) is 31.7 Å². The van der Waals surface area contributed by atoms with Gasteiger partial charge >= 0.3 is 0 Å². The Hall–Kier alpha value is -3.15. The maximum Gasteiger partial charge on any atom is 0.253 e. The van der Waals surface area contributed by atoms with Gasteiger partial charge in [-0.3, -0.25) is 14.4 Å². The van der Waals surface area contributed by atoms with E-state index in [1.165, 1.54) is 0 Å². The first-order chi connectivity index (χ1) is 14.1. The zero-order valence-electron chi connectivity index (χ0n) is 16.3. The van der Waals surface area contributed by atoms with Crippen molar-refractivity contribution in [3.05, 3.63) is 65.7 Å². The van der Waals surface area contributed by atoms with Crippen LogP contribution in [0.3, 0.4) is 0 Å². The number of carbonyl (C=O) groups is 3. The number of hydrogen-bond donors (Lipinski definition) is 2. The molecule has 0 aromatic heterocycles. The van der Waals surface area contributed by atoms with Gasteiger partial charge in [-0.05, 0) is 56.0 Å². The maximum atomic E-state index is 12.9. The number of anilines is 1. The Balaban J connectivity index is 1.31. The number of likely N-dealkylation sites (tertiary alicyclic amines) is 1. The smallest absolute Gasteiger partial charge is 0.253 e. The summed E-state index contributed by atoms with van der Waals surface area (Å²) < 4.78 is 0. The van der Waals surface area contributed by atoms with E-state index in [-0.39, 0.29) is 29.7 Å². The Kier molecular flexibility index (Phi) is 5.60. The summed E-state index contributed by atoms with van der Waals surface area (Å²) in [5, 5.41) is 5.95. The van der Waals surface area contributed by atoms with Gasteiger partial charge < -0.3 is 15.5 Å². The normalized spacial score (nSPS) is 16.9. The molecule has 0 atom stereocenters. The molecule has 2 aliphatic rings. The first-order valence-electron chi connectivity index (χ1n) is 10.2. The van der Waals surface area contributed by atoms with Gasteiger partial charge in [0.15, 0.2) is 0 Å². The first-order valence-corrected chi connectivity index (χ1v) is 10.2. The SMILES string of the molecule is O=C(NC1CCN(C(=O)c2cccc(NC(=O)C3CC3)c2)CC1)c1ccccc1. The van der Waals surface area contributed by atoms with Crippen LogP contribution >= 0.6 is 0 Å². The van der Waals surface area contributed by atoms with Crippen LogP contribution in [0.5, 0.6) is 0 Å². The molecule has 2 N–H and O–H groups in total. The van der Waals surface area contributed by atoms with Crippen LogP contribution < -0.4 is 10.6 Å². The molecule has 0 radical (unpaired) electrons. The highest BCUT2D eigenvalue weighted by molar-refractivity contribution is 5.98. The van der Waals surface area contributed by atoms with Crippen LogP contribution in [-0.4, -0.2) is 41.8 Å². The van der Waals surface area contributed by atoms with Crippen molar-refractivity contribution in [2.75, 3.05) is 18.4 Å². The molecule has 1 saturated carbocycles. The molecule has 6 heteroatoms. The van der Waals surface area contributed by atoms with Crippen LogP contribution in [0, 0.1) is 5.92 Å². The molecule has 2 fully saturated rings. The Bertz CT molecular complexity index is 901. The Morgan fingerprint density at radius 1 is 0.828 bits per heavy atom. The predicted molar refractivity (Wildman–Crippen MR) is 111 cm³/mol. The molecular formula is C23H25N3O3. The summed E-state index contributed by atoms with van der Waals surface area (Å²) in [5.41, 5.74) is 1.89. The summed E-state index contributed by atoms with van der Waals surface area (Å²) in [4.78, 5) is 38.9. The maximum absolute atomic E-state index is 12.9. The van der Waals surface area contributed by atoms with Gasteiger partial charge in [0.05, 0.1) is 0 Å². The topological polar surface area (TPSA) is 78.5 Å². The Labute approximate surface area is 170 Å². The van der Waals surface area contributed by atoms with Gasteiger partial charge in [0.25, 0.3) is 11.8 Å². The summed E-state index contributed by atoms with van der Waals surface area (Å²) in [6, 6.07) is 16.3. The van der Waals surface area contributed by atoms with E-state index in [0.717, 1.165) is 25.7 Å². The second kappa shape index (κ2) is 8.47. The third-order valence-electron chi connectivity index (χ3n) is 5.48. The minimum Gasteiger partial charge on any atom is -0.349 e. The third-order valence-corrected chi connectivity index (χ3v) is 5.48. The largest absolute Gasteiger partial charge is 0.349 e. The summed E-state index contributed by atoms with van der Waals surface area (Å²) in [6.45, 7) is 1.19. The van der Waals surface area contributed by atoms with Gasteiger partial charge in [-0.25, -0.2) is 0 Å². The fourth-order valence-corrected chi connectivity index (χ4v) is 3.59. The molecule has 1 saturated heterocycles. The summed E-state index contributed by atoms with van der Waals surface area (Å²) in [7, 11) is 0. The van der Waals surface area contributed by atoms with E-state index >= 15 is 0 Å². The number of nitrogens with one attached hydrogen (secondary N) is 2. The minimum absolute atomic E-state index is 0.0320. The van der Waals surface area contributed by atoms with E-state index in [0.29, 0.717) is 29.9 Å². The molecule has 2 aromatic rings. The first kappa shape index (κ1) is 19.2. The van der Waals surface area contributed by atoms with Crippen LogP contribution in [0.15, 0.2) is 54.6 Å². The predicted octanol–water partition coefficient (Wildman–Crippen LogP) is 3.07. The van der Waals surface area contributed by atoms with Crippen molar-refractivity contribution >= 4 is 23.4 Å². The fourth-order valence-electron chi connectivity index (χ4n) is 3.59. The second-order valence-corrected chi connectivity index (χ2v) is 7.75. The van der Waals surface area contributed by atoms with Crippen molar-refractivity contribution in [1.82, 2.24) is 10.2 Å². The molecule has 2 aromatic carbocycles. The average molecular weight is 391 g/mol. The molecule has 4 rings (SSSR count). The van der Waals surface area contributed by atoms with Gasteiger partial charge in [0.2, 0.25) is 5.91 Å². The van der Waals surface area contributed by atoms with Gasteiger partial charge in [0.1, 0.15) is 0 Å². The lowest BCUT2D eigenvalue weighted by molar-refractivity contribution is -0.117. The number of amides is 3. The number of hydrogen-bond acceptors (Lipinski definition) is 3. The van der Waals surface area contributed by atoms with Crippen molar-refractivity contribution < 1.29 is 14.4 Å². The van der Waals surface area contributed by atoms with Gasteiger partial charge in [-0.1, -0.05) is 24.3 Å². The van der Waals surface area contributed by atoms with Crippen LogP contribution in [-0.2, 0) is 4.79 Å². The number of piperidine rings is 1. The van der Waals surface area contributed by atoms with E-state index in [2.05, 4.69) is 10.6 Å². The molecular weight excluding hydrogens is 366 g/mol. The lowest BCUT2D eigenvalue weighted by Crippen LogP contribution is -2.46. The number of benzene rings is 2. The van der Waals surface area contributed by atoms with E-state index in [1.807, 2.05) is 29.2 Å². The average Bonchev–Trinajstić information content (AvgIpc) is 3.60. The van der Waals surface area contributed by atoms with E-state index in [9.17, 15) is 14.4 Å². The van der Waals surface area contributed by atoms with Crippen LogP contribution in [0.4, 0.5) is 5.69 Å². The molecule has 1 heterocycles. The van der Waals surface area contributed by atoms with E-state index in [1.54, 1.807) is 30.3 Å². The highest BCUT2D eigenvalue weighted by Crippen LogP contribution is 2.30. The van der Waals surface area contributed by atoms with Crippen LogP contribution in [0.1, 0.15) is 46.4 Å². The lowest BCUT2D eigenvalue weighted by Gasteiger charge is -2.32. The van der Waals surface area contributed by atoms with Crippen molar-refractivity contribution in [3.63, 3.8) is 0 Å². The summed E-state index contributed by atoms with van der Waals surface area (Å²) >= 11 is 0. The molecule has 29 heavy (non-hydrogen) atoms. The van der Waals surface area contributed by atoms with Gasteiger partial charge in [-0.2, -0.15) is 0 Å². The monoisotopic (exact) mass is 391 g/mol. The third kappa shape index (κ3) is 4.83. The number of rotatable bonds is 5. The number of nitrogens with zero attached hydrogens (tertiary/aromatic N) is 1. The number of carbonyl (C=O) groups excluding carboxylic acids is 3. The molecule has 1 aliphatic carbocycles.